The second-order valence-electron chi connectivity index (χ2n) is 7.26. The van der Waals surface area contributed by atoms with Crippen molar-refractivity contribution >= 4 is 5.91 Å². The van der Waals surface area contributed by atoms with E-state index in [1.165, 1.54) is 10.7 Å². The molecule has 0 aliphatic carbocycles. The Bertz CT molecular complexity index is 1110. The fraction of sp³-hybridized carbons (Fsp3) is 0.292. The van der Waals surface area contributed by atoms with Crippen molar-refractivity contribution in [2.24, 2.45) is 0 Å². The second kappa shape index (κ2) is 9.93. The van der Waals surface area contributed by atoms with Gasteiger partial charge in [0.1, 0.15) is 11.5 Å². The summed E-state index contributed by atoms with van der Waals surface area (Å²) in [5, 5.41) is 7.22. The molecule has 1 amide bonds. The summed E-state index contributed by atoms with van der Waals surface area (Å²) in [4.78, 5) is 24.6. The summed E-state index contributed by atoms with van der Waals surface area (Å²) in [5.41, 5.74) is 3.42. The highest BCUT2D eigenvalue weighted by Gasteiger charge is 2.16. The first kappa shape index (κ1) is 22.1. The van der Waals surface area contributed by atoms with Crippen LogP contribution < -0.4 is 20.3 Å². The third kappa shape index (κ3) is 5.51. The number of nitrogens with zero attached hydrogens (tertiary/aromatic N) is 2. The summed E-state index contributed by atoms with van der Waals surface area (Å²) in [5.74, 6) is 1.19. The zero-order valence-corrected chi connectivity index (χ0v) is 18.2. The summed E-state index contributed by atoms with van der Waals surface area (Å²) in [7, 11) is 1.61. The van der Waals surface area contributed by atoms with Gasteiger partial charge in [-0.1, -0.05) is 12.1 Å². The van der Waals surface area contributed by atoms with Gasteiger partial charge in [0, 0.05) is 18.2 Å². The maximum atomic E-state index is 12.4. The van der Waals surface area contributed by atoms with Crippen LogP contribution in [0.15, 0.2) is 59.4 Å². The molecule has 2 aromatic carbocycles. The summed E-state index contributed by atoms with van der Waals surface area (Å²) >= 11 is 0. The highest BCUT2D eigenvalue weighted by molar-refractivity contribution is 5.80. The van der Waals surface area contributed by atoms with E-state index < -0.39 is 6.10 Å². The van der Waals surface area contributed by atoms with E-state index in [-0.39, 0.29) is 24.6 Å². The normalized spacial score (nSPS) is 11.6. The molecule has 0 radical (unpaired) electrons. The van der Waals surface area contributed by atoms with Crippen LogP contribution >= 0.6 is 0 Å². The molecule has 1 atom stereocenters. The molecule has 7 heteroatoms. The molecule has 3 rings (SSSR count). The Labute approximate surface area is 181 Å². The molecule has 31 heavy (non-hydrogen) atoms. The zero-order chi connectivity index (χ0) is 22.4. The van der Waals surface area contributed by atoms with Gasteiger partial charge in [-0.3, -0.25) is 9.59 Å². The average Bonchev–Trinajstić information content (AvgIpc) is 2.78. The van der Waals surface area contributed by atoms with E-state index in [2.05, 4.69) is 10.4 Å². The number of rotatable bonds is 8. The predicted molar refractivity (Wildman–Crippen MR) is 120 cm³/mol. The predicted octanol–water partition coefficient (Wildman–Crippen LogP) is 3.12. The number of hydrogen-bond acceptors (Lipinski definition) is 5. The topological polar surface area (TPSA) is 82.5 Å². The SMILES string of the molecule is COc1ccc(-c2ccc(=O)n(CCNC(=O)C(C)Oc3cccc(C)c3C)n2)cc1. The summed E-state index contributed by atoms with van der Waals surface area (Å²) in [6.07, 6.45) is -0.657. The van der Waals surface area contributed by atoms with Crippen LogP contribution in [0.4, 0.5) is 0 Å². The van der Waals surface area contributed by atoms with Gasteiger partial charge in [-0.15, -0.1) is 0 Å². The largest absolute Gasteiger partial charge is 0.497 e. The van der Waals surface area contributed by atoms with Gasteiger partial charge in [-0.2, -0.15) is 5.10 Å². The number of hydrogen-bond donors (Lipinski definition) is 1. The van der Waals surface area contributed by atoms with Crippen LogP contribution in [-0.2, 0) is 11.3 Å². The van der Waals surface area contributed by atoms with E-state index in [1.807, 2.05) is 56.3 Å². The van der Waals surface area contributed by atoms with Gasteiger partial charge < -0.3 is 14.8 Å². The lowest BCUT2D eigenvalue weighted by atomic mass is 10.1. The minimum Gasteiger partial charge on any atom is -0.497 e. The number of nitrogens with one attached hydrogen (secondary N) is 1. The number of methoxy groups -OCH3 is 1. The third-order valence-corrected chi connectivity index (χ3v) is 5.10. The molecule has 3 aromatic rings. The van der Waals surface area contributed by atoms with Gasteiger partial charge >= 0.3 is 0 Å². The molecular formula is C24H27N3O4. The number of ether oxygens (including phenoxy) is 2. The van der Waals surface area contributed by atoms with Crippen LogP contribution in [0.2, 0.25) is 0 Å². The average molecular weight is 421 g/mol. The van der Waals surface area contributed by atoms with E-state index >= 15 is 0 Å². The molecule has 0 aliphatic heterocycles. The molecule has 0 saturated heterocycles. The van der Waals surface area contributed by atoms with Crippen LogP contribution in [-0.4, -0.2) is 35.4 Å². The Kier molecular flexibility index (Phi) is 7.07. The number of benzene rings is 2. The first-order valence-corrected chi connectivity index (χ1v) is 10.1. The first-order chi connectivity index (χ1) is 14.9. The lowest BCUT2D eigenvalue weighted by Gasteiger charge is -2.17. The van der Waals surface area contributed by atoms with Crippen molar-refractivity contribution in [1.29, 1.82) is 0 Å². The number of aryl methyl sites for hydroxylation is 1. The maximum Gasteiger partial charge on any atom is 0.266 e. The Morgan fingerprint density at radius 2 is 1.84 bits per heavy atom. The zero-order valence-electron chi connectivity index (χ0n) is 18.2. The summed E-state index contributed by atoms with van der Waals surface area (Å²) in [6, 6.07) is 16.3. The summed E-state index contributed by atoms with van der Waals surface area (Å²) in [6.45, 7) is 6.18. The standard InChI is InChI=1S/C24H27N3O4/c1-16-6-5-7-22(17(16)2)31-18(3)24(29)25-14-15-27-23(28)13-12-21(26-27)19-8-10-20(30-4)11-9-19/h5-13,18H,14-15H2,1-4H3,(H,25,29). The number of aromatic nitrogens is 2. The molecule has 1 aromatic heterocycles. The molecule has 0 saturated carbocycles. The lowest BCUT2D eigenvalue weighted by molar-refractivity contribution is -0.127. The van der Waals surface area contributed by atoms with Gasteiger partial charge in [-0.25, -0.2) is 4.68 Å². The highest BCUT2D eigenvalue weighted by Crippen LogP contribution is 2.22. The molecule has 1 N–H and O–H groups in total. The van der Waals surface area contributed by atoms with Gasteiger partial charge in [0.2, 0.25) is 0 Å². The molecule has 0 aliphatic rings. The minimum atomic E-state index is -0.657. The van der Waals surface area contributed by atoms with Crippen LogP contribution in [0, 0.1) is 13.8 Å². The maximum absolute atomic E-state index is 12.4. The van der Waals surface area contributed by atoms with Gasteiger partial charge in [0.15, 0.2) is 6.10 Å². The highest BCUT2D eigenvalue weighted by atomic mass is 16.5. The van der Waals surface area contributed by atoms with Crippen molar-refractivity contribution in [2.45, 2.75) is 33.4 Å². The molecule has 0 fully saturated rings. The van der Waals surface area contributed by atoms with Crippen molar-refractivity contribution in [2.75, 3.05) is 13.7 Å². The molecule has 1 heterocycles. The van der Waals surface area contributed by atoms with Gasteiger partial charge in [0.25, 0.3) is 11.5 Å². The fourth-order valence-corrected chi connectivity index (χ4v) is 3.05. The van der Waals surface area contributed by atoms with Crippen molar-refractivity contribution < 1.29 is 14.3 Å². The molecule has 0 spiro atoms. The number of amides is 1. The molecule has 1 unspecified atom stereocenters. The van der Waals surface area contributed by atoms with Gasteiger partial charge in [-0.05, 0) is 68.3 Å². The molecule has 7 nitrogen and oxygen atoms in total. The van der Waals surface area contributed by atoms with Crippen molar-refractivity contribution in [3.63, 3.8) is 0 Å². The third-order valence-electron chi connectivity index (χ3n) is 5.10. The fourth-order valence-electron chi connectivity index (χ4n) is 3.05. The van der Waals surface area contributed by atoms with E-state index in [1.54, 1.807) is 20.1 Å². The van der Waals surface area contributed by atoms with E-state index in [9.17, 15) is 9.59 Å². The van der Waals surface area contributed by atoms with E-state index in [0.717, 1.165) is 22.4 Å². The van der Waals surface area contributed by atoms with Crippen molar-refractivity contribution in [3.8, 4) is 22.8 Å². The number of carbonyl (C=O) groups is 1. The van der Waals surface area contributed by atoms with Crippen LogP contribution in [0.25, 0.3) is 11.3 Å². The van der Waals surface area contributed by atoms with Crippen LogP contribution in [0.5, 0.6) is 11.5 Å². The number of carbonyl (C=O) groups excluding carboxylic acids is 1. The van der Waals surface area contributed by atoms with Gasteiger partial charge in [0.05, 0.1) is 19.3 Å². The quantitative estimate of drug-likeness (QED) is 0.604. The Hall–Kier alpha value is -3.61. The summed E-state index contributed by atoms with van der Waals surface area (Å²) < 4.78 is 12.3. The van der Waals surface area contributed by atoms with Crippen LogP contribution in [0.1, 0.15) is 18.1 Å². The molecule has 0 bridgehead atoms. The Morgan fingerprint density at radius 3 is 2.55 bits per heavy atom. The monoisotopic (exact) mass is 421 g/mol. The van der Waals surface area contributed by atoms with Crippen molar-refractivity contribution in [3.05, 3.63) is 76.1 Å². The van der Waals surface area contributed by atoms with Crippen molar-refractivity contribution in [1.82, 2.24) is 15.1 Å². The van der Waals surface area contributed by atoms with Crippen LogP contribution in [0.3, 0.4) is 0 Å². The van der Waals surface area contributed by atoms with E-state index in [0.29, 0.717) is 11.4 Å². The Morgan fingerprint density at radius 1 is 1.10 bits per heavy atom. The molecule has 162 valence electrons. The molecular weight excluding hydrogens is 394 g/mol. The Balaban J connectivity index is 1.59. The lowest BCUT2D eigenvalue weighted by Crippen LogP contribution is -2.39. The smallest absolute Gasteiger partial charge is 0.266 e. The minimum absolute atomic E-state index is 0.230. The van der Waals surface area contributed by atoms with E-state index in [4.69, 9.17) is 9.47 Å². The first-order valence-electron chi connectivity index (χ1n) is 10.1. The second-order valence-corrected chi connectivity index (χ2v) is 7.26.